The topological polar surface area (TPSA) is 111 Å². The van der Waals surface area contributed by atoms with Crippen LogP contribution in [0, 0.1) is 23.7 Å². The molecule has 0 radical (unpaired) electrons. The lowest BCUT2D eigenvalue weighted by atomic mass is 9.95. The number of anilines is 2. The number of rotatable bonds is 3. The third-order valence-corrected chi connectivity index (χ3v) is 4.81. The Morgan fingerprint density at radius 1 is 1.24 bits per heavy atom. The number of nitriles is 1. The molecule has 0 spiro atoms. The molecule has 0 aliphatic heterocycles. The lowest BCUT2D eigenvalue weighted by Crippen LogP contribution is -2.05. The second-order valence-corrected chi connectivity index (χ2v) is 7.05. The van der Waals surface area contributed by atoms with Gasteiger partial charge in [0.2, 0.25) is 0 Å². The average molecular weight is 388 g/mol. The summed E-state index contributed by atoms with van der Waals surface area (Å²) in [7, 11) is 1.83. The third kappa shape index (κ3) is 4.99. The zero-order valence-corrected chi connectivity index (χ0v) is 16.6. The van der Waals surface area contributed by atoms with Crippen LogP contribution < -0.4 is 5.32 Å². The highest BCUT2D eigenvalue weighted by molar-refractivity contribution is 5.88. The fraction of sp³-hybridized carbons (Fsp3) is 0.273. The standard InChI is InChI=1S/C12H14N4O.C10H10N2/c1-8-3-9(5-13)11(4-12(8)17)15-10-6-14-16(2)7-10;11-6-8-5-9-3-1-2-4-10(9)12-7-8/h3-7,13,15,17H,1-2H3;5,7H,1-4H2. The molecule has 7 heteroatoms. The van der Waals surface area contributed by atoms with E-state index in [1.54, 1.807) is 36.1 Å². The number of nitrogens with one attached hydrogen (secondary N) is 2. The Bertz CT molecular complexity index is 1060. The molecule has 2 heterocycles. The fourth-order valence-corrected chi connectivity index (χ4v) is 3.24. The Kier molecular flexibility index (Phi) is 6.25. The summed E-state index contributed by atoms with van der Waals surface area (Å²) < 4.78 is 1.68. The van der Waals surface area contributed by atoms with Crippen molar-refractivity contribution in [2.75, 3.05) is 5.32 Å². The summed E-state index contributed by atoms with van der Waals surface area (Å²) in [5, 5.41) is 32.8. The molecule has 1 aliphatic rings. The summed E-state index contributed by atoms with van der Waals surface area (Å²) in [6.07, 6.45) is 11.1. The van der Waals surface area contributed by atoms with Crippen LogP contribution >= 0.6 is 0 Å². The molecule has 0 fully saturated rings. The zero-order chi connectivity index (χ0) is 20.8. The van der Waals surface area contributed by atoms with Crippen LogP contribution in [-0.4, -0.2) is 26.1 Å². The van der Waals surface area contributed by atoms with Crippen LogP contribution in [0.25, 0.3) is 0 Å². The van der Waals surface area contributed by atoms with E-state index < -0.39 is 0 Å². The summed E-state index contributed by atoms with van der Waals surface area (Å²) in [6.45, 7) is 1.80. The summed E-state index contributed by atoms with van der Waals surface area (Å²) >= 11 is 0. The minimum atomic E-state index is 0.210. The van der Waals surface area contributed by atoms with E-state index in [9.17, 15) is 5.11 Å². The van der Waals surface area contributed by atoms with Crippen LogP contribution in [0.15, 0.2) is 36.8 Å². The molecule has 1 aromatic carbocycles. The molecule has 2 aromatic heterocycles. The minimum absolute atomic E-state index is 0.210. The van der Waals surface area contributed by atoms with Crippen LogP contribution in [0.3, 0.4) is 0 Å². The largest absolute Gasteiger partial charge is 0.508 e. The van der Waals surface area contributed by atoms with Crippen molar-refractivity contribution >= 4 is 17.6 Å². The molecule has 0 atom stereocenters. The van der Waals surface area contributed by atoms with Crippen molar-refractivity contribution in [3.63, 3.8) is 0 Å². The molecule has 0 unspecified atom stereocenters. The molecule has 0 bridgehead atoms. The van der Waals surface area contributed by atoms with Gasteiger partial charge in [-0.25, -0.2) is 0 Å². The summed E-state index contributed by atoms with van der Waals surface area (Å²) in [6, 6.07) is 7.47. The number of hydrogen-bond acceptors (Lipinski definition) is 6. The monoisotopic (exact) mass is 388 g/mol. The number of aromatic nitrogens is 3. The molecule has 0 saturated carbocycles. The molecular weight excluding hydrogens is 364 g/mol. The average Bonchev–Trinajstić information content (AvgIpc) is 3.15. The number of phenols is 1. The molecule has 7 nitrogen and oxygen atoms in total. The fourth-order valence-electron chi connectivity index (χ4n) is 3.24. The Labute approximate surface area is 170 Å². The molecule has 3 N–H and O–H groups in total. The van der Waals surface area contributed by atoms with Gasteiger partial charge in [0.1, 0.15) is 11.8 Å². The van der Waals surface area contributed by atoms with Crippen LogP contribution in [0.5, 0.6) is 5.75 Å². The zero-order valence-electron chi connectivity index (χ0n) is 16.6. The number of phenolic OH excluding ortho intramolecular Hbond substituents is 1. The van der Waals surface area contributed by atoms with Gasteiger partial charge in [0, 0.05) is 43.0 Å². The van der Waals surface area contributed by atoms with Crippen molar-refractivity contribution in [3.8, 4) is 11.8 Å². The molecule has 3 aromatic rings. The summed E-state index contributed by atoms with van der Waals surface area (Å²) in [5.74, 6) is 0.210. The smallest absolute Gasteiger partial charge is 0.120 e. The van der Waals surface area contributed by atoms with Crippen LogP contribution in [0.2, 0.25) is 0 Å². The van der Waals surface area contributed by atoms with Crippen molar-refractivity contribution in [2.45, 2.75) is 32.6 Å². The first-order valence-electron chi connectivity index (χ1n) is 9.48. The van der Waals surface area contributed by atoms with Gasteiger partial charge in [0.25, 0.3) is 0 Å². The maximum absolute atomic E-state index is 9.67. The van der Waals surface area contributed by atoms with Crippen LogP contribution in [0.4, 0.5) is 11.4 Å². The van der Waals surface area contributed by atoms with E-state index in [1.165, 1.54) is 30.3 Å². The van der Waals surface area contributed by atoms with E-state index in [2.05, 4.69) is 21.5 Å². The lowest BCUT2D eigenvalue weighted by Gasteiger charge is -2.13. The van der Waals surface area contributed by atoms with E-state index in [0.29, 0.717) is 11.3 Å². The van der Waals surface area contributed by atoms with E-state index in [1.807, 2.05) is 19.3 Å². The molecule has 29 heavy (non-hydrogen) atoms. The Morgan fingerprint density at radius 2 is 2.03 bits per heavy atom. The first-order chi connectivity index (χ1) is 14.0. The number of nitrogens with zero attached hydrogens (tertiary/aromatic N) is 4. The second kappa shape index (κ2) is 9.02. The normalized spacial score (nSPS) is 12.2. The van der Waals surface area contributed by atoms with Crippen molar-refractivity contribution in [1.29, 1.82) is 10.7 Å². The van der Waals surface area contributed by atoms with E-state index >= 15 is 0 Å². The van der Waals surface area contributed by atoms with E-state index in [0.717, 1.165) is 29.7 Å². The number of aryl methyl sites for hydroxylation is 4. The maximum atomic E-state index is 9.67. The minimum Gasteiger partial charge on any atom is -0.508 e. The van der Waals surface area contributed by atoms with Gasteiger partial charge in [-0.3, -0.25) is 9.67 Å². The Hall–Kier alpha value is -3.66. The molecule has 0 saturated heterocycles. The molecule has 0 amide bonds. The van der Waals surface area contributed by atoms with Gasteiger partial charge in [-0.15, -0.1) is 0 Å². The lowest BCUT2D eigenvalue weighted by molar-refractivity contribution is 0.471. The third-order valence-electron chi connectivity index (χ3n) is 4.81. The predicted molar refractivity (Wildman–Crippen MR) is 113 cm³/mol. The van der Waals surface area contributed by atoms with E-state index in [-0.39, 0.29) is 5.75 Å². The second-order valence-electron chi connectivity index (χ2n) is 7.05. The van der Waals surface area contributed by atoms with Crippen molar-refractivity contribution in [1.82, 2.24) is 14.8 Å². The first-order valence-corrected chi connectivity index (χ1v) is 9.48. The van der Waals surface area contributed by atoms with Crippen molar-refractivity contribution < 1.29 is 5.11 Å². The number of benzene rings is 1. The highest BCUT2D eigenvalue weighted by atomic mass is 16.3. The molecular formula is C22H24N6O. The van der Waals surface area contributed by atoms with Crippen LogP contribution in [0.1, 0.15) is 40.8 Å². The number of pyridine rings is 1. The Balaban J connectivity index is 0.000000176. The summed E-state index contributed by atoms with van der Waals surface area (Å²) in [4.78, 5) is 4.27. The summed E-state index contributed by atoms with van der Waals surface area (Å²) in [5.41, 5.74) is 6.15. The van der Waals surface area contributed by atoms with Gasteiger partial charge in [0.15, 0.2) is 0 Å². The highest BCUT2D eigenvalue weighted by Crippen LogP contribution is 2.27. The van der Waals surface area contributed by atoms with Gasteiger partial charge in [-0.1, -0.05) is 0 Å². The van der Waals surface area contributed by atoms with Gasteiger partial charge >= 0.3 is 0 Å². The quantitative estimate of drug-likeness (QED) is 0.587. The van der Waals surface area contributed by atoms with Crippen molar-refractivity contribution in [2.24, 2.45) is 7.05 Å². The number of fused-ring (bicyclic) bond motifs is 1. The van der Waals surface area contributed by atoms with Gasteiger partial charge in [-0.2, -0.15) is 10.4 Å². The van der Waals surface area contributed by atoms with E-state index in [4.69, 9.17) is 10.7 Å². The first kappa shape index (κ1) is 20.1. The Morgan fingerprint density at radius 3 is 2.72 bits per heavy atom. The molecule has 4 rings (SSSR count). The van der Waals surface area contributed by atoms with Crippen LogP contribution in [-0.2, 0) is 19.9 Å². The van der Waals surface area contributed by atoms with Gasteiger partial charge in [-0.05, 0) is 55.9 Å². The van der Waals surface area contributed by atoms with Gasteiger partial charge in [0.05, 0.1) is 23.1 Å². The maximum Gasteiger partial charge on any atom is 0.120 e. The molecule has 148 valence electrons. The highest BCUT2D eigenvalue weighted by Gasteiger charge is 2.10. The molecule has 1 aliphatic carbocycles. The van der Waals surface area contributed by atoms with Gasteiger partial charge < -0.3 is 15.8 Å². The number of aromatic hydroxyl groups is 1. The predicted octanol–water partition coefficient (Wildman–Crippen LogP) is 4.01. The number of hydrogen-bond donors (Lipinski definition) is 3. The SMILES string of the molecule is Cc1cc(C=N)c(Nc2cnn(C)c2)cc1O.N#Cc1cnc2c(c1)CCCC2. The van der Waals surface area contributed by atoms with Crippen molar-refractivity contribution in [3.05, 3.63) is 64.7 Å².